The van der Waals surface area contributed by atoms with Gasteiger partial charge in [0.15, 0.2) is 17.1 Å². The van der Waals surface area contributed by atoms with Crippen molar-refractivity contribution in [3.05, 3.63) is 34.9 Å². The minimum absolute atomic E-state index is 0.326. The molecule has 2 aromatic rings. The van der Waals surface area contributed by atoms with Crippen molar-refractivity contribution in [2.45, 2.75) is 0 Å². The number of esters is 1. The van der Waals surface area contributed by atoms with Crippen molar-refractivity contribution in [1.29, 1.82) is 0 Å². The van der Waals surface area contributed by atoms with Gasteiger partial charge in [-0.3, -0.25) is 0 Å². The molecule has 1 saturated heterocycles. The molecule has 7 heteroatoms. The predicted molar refractivity (Wildman–Crippen MR) is 81.3 cm³/mol. The Morgan fingerprint density at radius 2 is 1.95 bits per heavy atom. The van der Waals surface area contributed by atoms with E-state index in [0.29, 0.717) is 48.5 Å². The van der Waals surface area contributed by atoms with Crippen LogP contribution in [0.2, 0.25) is 5.02 Å². The van der Waals surface area contributed by atoms with Crippen LogP contribution < -0.4 is 4.90 Å². The van der Waals surface area contributed by atoms with Crippen LogP contribution in [0.5, 0.6) is 0 Å². The molecule has 0 unspecified atom stereocenters. The second kappa shape index (κ2) is 6.37. The molecule has 1 fully saturated rings. The van der Waals surface area contributed by atoms with Crippen LogP contribution in [0, 0.1) is 0 Å². The van der Waals surface area contributed by atoms with Gasteiger partial charge < -0.3 is 18.9 Å². The fraction of sp³-hybridized carbons (Fsp3) is 0.333. The highest BCUT2D eigenvalue weighted by Crippen LogP contribution is 2.32. The van der Waals surface area contributed by atoms with Crippen molar-refractivity contribution in [3.63, 3.8) is 0 Å². The van der Waals surface area contributed by atoms with Crippen LogP contribution in [0.25, 0.3) is 11.3 Å². The number of hydrogen-bond acceptors (Lipinski definition) is 6. The van der Waals surface area contributed by atoms with Gasteiger partial charge in [0.05, 0.1) is 20.3 Å². The van der Waals surface area contributed by atoms with Gasteiger partial charge in [-0.2, -0.15) is 0 Å². The Labute approximate surface area is 132 Å². The smallest absolute Gasteiger partial charge is 0.345 e. The second-order valence-corrected chi connectivity index (χ2v) is 5.24. The second-order valence-electron chi connectivity index (χ2n) is 4.81. The molecule has 6 nitrogen and oxygen atoms in total. The number of rotatable bonds is 3. The Morgan fingerprint density at radius 1 is 1.27 bits per heavy atom. The highest BCUT2D eigenvalue weighted by Gasteiger charge is 2.29. The average Bonchev–Trinajstić information content (AvgIpc) is 3.00. The Morgan fingerprint density at radius 3 is 2.59 bits per heavy atom. The molecule has 0 amide bonds. The summed E-state index contributed by atoms with van der Waals surface area (Å²) in [6.07, 6.45) is 0. The molecule has 116 valence electrons. The van der Waals surface area contributed by atoms with E-state index in [9.17, 15) is 4.79 Å². The van der Waals surface area contributed by atoms with E-state index in [4.69, 9.17) is 25.6 Å². The van der Waals surface area contributed by atoms with E-state index in [1.165, 1.54) is 7.11 Å². The number of hydrogen-bond donors (Lipinski definition) is 0. The molecule has 0 atom stereocenters. The van der Waals surface area contributed by atoms with Gasteiger partial charge in [-0.25, -0.2) is 4.79 Å². The molecule has 2 heterocycles. The molecular weight excluding hydrogens is 308 g/mol. The quantitative estimate of drug-likeness (QED) is 0.809. The summed E-state index contributed by atoms with van der Waals surface area (Å²) in [6, 6.07) is 7.01. The predicted octanol–water partition coefficient (Wildman–Crippen LogP) is 2.62. The van der Waals surface area contributed by atoms with Gasteiger partial charge in [0.1, 0.15) is 0 Å². The van der Waals surface area contributed by atoms with Crippen LogP contribution in [0.3, 0.4) is 0 Å². The van der Waals surface area contributed by atoms with E-state index in [1.807, 2.05) is 4.90 Å². The zero-order valence-corrected chi connectivity index (χ0v) is 12.8. The molecule has 0 radical (unpaired) electrons. The van der Waals surface area contributed by atoms with Gasteiger partial charge in [-0.15, -0.1) is 0 Å². The monoisotopic (exact) mass is 322 g/mol. The minimum Gasteiger partial charge on any atom is -0.465 e. The Hall–Kier alpha value is -2.05. The third-order valence-corrected chi connectivity index (χ3v) is 3.73. The fourth-order valence-corrected chi connectivity index (χ4v) is 2.48. The number of aromatic nitrogens is 1. The van der Waals surface area contributed by atoms with Crippen LogP contribution in [0.15, 0.2) is 28.8 Å². The SMILES string of the molecule is COC(=O)c1c(N2CCOCC2)noc1-c1ccc(Cl)cc1. The average molecular weight is 323 g/mol. The fourth-order valence-electron chi connectivity index (χ4n) is 2.36. The Balaban J connectivity index is 2.04. The zero-order chi connectivity index (χ0) is 15.5. The van der Waals surface area contributed by atoms with Gasteiger partial charge in [-0.05, 0) is 24.3 Å². The molecule has 0 saturated carbocycles. The molecule has 1 aliphatic rings. The summed E-state index contributed by atoms with van der Waals surface area (Å²) in [5, 5.41) is 4.68. The van der Waals surface area contributed by atoms with Crippen LogP contribution in [-0.2, 0) is 9.47 Å². The molecule has 0 aliphatic carbocycles. The van der Waals surface area contributed by atoms with Crippen molar-refractivity contribution in [3.8, 4) is 11.3 Å². The summed E-state index contributed by atoms with van der Waals surface area (Å²) in [7, 11) is 1.34. The first-order chi connectivity index (χ1) is 10.7. The third-order valence-electron chi connectivity index (χ3n) is 3.48. The number of halogens is 1. The van der Waals surface area contributed by atoms with E-state index < -0.39 is 5.97 Å². The van der Waals surface area contributed by atoms with Gasteiger partial charge >= 0.3 is 5.97 Å². The van der Waals surface area contributed by atoms with Crippen molar-refractivity contribution >= 4 is 23.4 Å². The van der Waals surface area contributed by atoms with E-state index in [-0.39, 0.29) is 0 Å². The number of nitrogens with zero attached hydrogens (tertiary/aromatic N) is 2. The number of morpholine rings is 1. The molecule has 3 rings (SSSR count). The van der Waals surface area contributed by atoms with Crippen molar-refractivity contribution in [2.75, 3.05) is 38.3 Å². The lowest BCUT2D eigenvalue weighted by Gasteiger charge is -2.26. The van der Waals surface area contributed by atoms with Crippen LogP contribution in [0.1, 0.15) is 10.4 Å². The van der Waals surface area contributed by atoms with Gasteiger partial charge in [0.2, 0.25) is 0 Å². The maximum Gasteiger partial charge on any atom is 0.345 e. The van der Waals surface area contributed by atoms with Gasteiger partial charge in [0.25, 0.3) is 0 Å². The van der Waals surface area contributed by atoms with Crippen LogP contribution >= 0.6 is 11.6 Å². The maximum absolute atomic E-state index is 12.2. The van der Waals surface area contributed by atoms with Gasteiger partial charge in [-0.1, -0.05) is 16.8 Å². The summed E-state index contributed by atoms with van der Waals surface area (Å²) >= 11 is 5.90. The molecule has 1 aromatic heterocycles. The highest BCUT2D eigenvalue weighted by molar-refractivity contribution is 6.30. The first-order valence-electron chi connectivity index (χ1n) is 6.87. The Bertz CT molecular complexity index is 663. The summed E-state index contributed by atoms with van der Waals surface area (Å²) in [6.45, 7) is 2.47. The summed E-state index contributed by atoms with van der Waals surface area (Å²) in [5.74, 6) is 0.387. The topological polar surface area (TPSA) is 64.8 Å². The van der Waals surface area contributed by atoms with Crippen molar-refractivity contribution in [1.82, 2.24) is 5.16 Å². The summed E-state index contributed by atoms with van der Waals surface area (Å²) in [5.41, 5.74) is 1.04. The number of carbonyl (C=O) groups excluding carboxylic acids is 1. The minimum atomic E-state index is -0.479. The molecule has 1 aliphatic heterocycles. The lowest BCUT2D eigenvalue weighted by Crippen LogP contribution is -2.37. The highest BCUT2D eigenvalue weighted by atomic mass is 35.5. The zero-order valence-electron chi connectivity index (χ0n) is 12.0. The first-order valence-corrected chi connectivity index (χ1v) is 7.25. The van der Waals surface area contributed by atoms with Crippen molar-refractivity contribution < 1.29 is 18.8 Å². The van der Waals surface area contributed by atoms with Crippen LogP contribution in [-0.4, -0.2) is 44.5 Å². The number of anilines is 1. The normalized spacial score (nSPS) is 14.9. The molecule has 0 spiro atoms. The largest absolute Gasteiger partial charge is 0.465 e. The first kappa shape index (κ1) is 14.9. The molecule has 22 heavy (non-hydrogen) atoms. The number of carbonyl (C=O) groups is 1. The maximum atomic E-state index is 12.2. The molecule has 0 N–H and O–H groups in total. The Kier molecular flexibility index (Phi) is 4.31. The summed E-state index contributed by atoms with van der Waals surface area (Å²) < 4.78 is 15.6. The number of methoxy groups -OCH3 is 1. The van der Waals surface area contributed by atoms with Crippen molar-refractivity contribution in [2.24, 2.45) is 0 Å². The van der Waals surface area contributed by atoms with E-state index in [0.717, 1.165) is 5.56 Å². The summed E-state index contributed by atoms with van der Waals surface area (Å²) in [4.78, 5) is 14.1. The van der Waals surface area contributed by atoms with E-state index >= 15 is 0 Å². The lowest BCUT2D eigenvalue weighted by molar-refractivity contribution is 0.0601. The number of benzene rings is 1. The third kappa shape index (κ3) is 2.80. The molecular formula is C15H15ClN2O4. The molecule has 0 bridgehead atoms. The van der Waals surface area contributed by atoms with E-state index in [2.05, 4.69) is 5.16 Å². The lowest BCUT2D eigenvalue weighted by atomic mass is 10.1. The van der Waals surface area contributed by atoms with Gasteiger partial charge in [0, 0.05) is 23.7 Å². The van der Waals surface area contributed by atoms with Crippen LogP contribution in [0.4, 0.5) is 5.82 Å². The molecule has 1 aromatic carbocycles. The van der Waals surface area contributed by atoms with E-state index in [1.54, 1.807) is 24.3 Å². The standard InChI is InChI=1S/C15H15ClN2O4/c1-20-15(19)12-13(10-2-4-11(16)5-3-10)22-17-14(12)18-6-8-21-9-7-18/h2-5H,6-9H2,1H3. The number of ether oxygens (including phenoxy) is 2.